The smallest absolute Gasteiger partial charge is 0.274 e. The molecule has 0 bridgehead atoms. The Morgan fingerprint density at radius 2 is 1.81 bits per heavy atom. The minimum Gasteiger partial charge on any atom is -0.496 e. The number of methoxy groups -OCH3 is 1. The standard InChI is InChI=1S/C23H29N3O2.C4H10/c1-5-9-19-16-20(23(27)25-13-7-8-14-25)24-26(19)21(10-6-2)18-11-12-22(28-4)17(3)15-18;1-3-4-2/h6,10-12,15-16H,2,5,7-9,13-14H2,1,3-4H3;3-4H2,1-2H3/b21-10-;. The summed E-state index contributed by atoms with van der Waals surface area (Å²) in [6.07, 6.45) is 10.3. The number of rotatable bonds is 8. The number of benzene rings is 1. The molecule has 1 fully saturated rings. The molecule has 0 saturated carbocycles. The maximum atomic E-state index is 12.9. The van der Waals surface area contributed by atoms with Gasteiger partial charge in [0.1, 0.15) is 5.75 Å². The molecule has 32 heavy (non-hydrogen) atoms. The number of amides is 1. The Hall–Kier alpha value is -2.82. The molecule has 0 radical (unpaired) electrons. The minimum absolute atomic E-state index is 0.0254. The third kappa shape index (κ3) is 6.35. The summed E-state index contributed by atoms with van der Waals surface area (Å²) >= 11 is 0. The number of nitrogens with zero attached hydrogens (tertiary/aromatic N) is 3. The number of ether oxygens (including phenoxy) is 1. The van der Waals surface area contributed by atoms with Gasteiger partial charge in [-0.15, -0.1) is 0 Å². The number of aryl methyl sites for hydroxylation is 2. The predicted molar refractivity (Wildman–Crippen MR) is 133 cm³/mol. The molecule has 1 aliphatic heterocycles. The highest BCUT2D eigenvalue weighted by Gasteiger charge is 2.24. The molecule has 0 spiro atoms. The molecule has 2 aromatic rings. The van der Waals surface area contributed by atoms with Crippen LogP contribution in [-0.2, 0) is 6.42 Å². The highest BCUT2D eigenvalue weighted by atomic mass is 16.5. The fourth-order valence-electron chi connectivity index (χ4n) is 3.69. The topological polar surface area (TPSA) is 47.4 Å². The van der Waals surface area contributed by atoms with Crippen molar-refractivity contribution in [3.05, 3.63) is 65.5 Å². The van der Waals surface area contributed by atoms with E-state index in [2.05, 4.69) is 33.4 Å². The zero-order valence-electron chi connectivity index (χ0n) is 20.5. The third-order valence-corrected chi connectivity index (χ3v) is 5.60. The van der Waals surface area contributed by atoms with Crippen LogP contribution in [0.1, 0.15) is 80.2 Å². The molecular formula is C27H39N3O2. The number of likely N-dealkylation sites (tertiary alicyclic amines) is 1. The molecular weight excluding hydrogens is 398 g/mol. The lowest BCUT2D eigenvalue weighted by Crippen LogP contribution is -2.28. The number of hydrogen-bond acceptors (Lipinski definition) is 3. The van der Waals surface area contributed by atoms with Crippen molar-refractivity contribution in [2.75, 3.05) is 20.2 Å². The highest BCUT2D eigenvalue weighted by Crippen LogP contribution is 2.26. The van der Waals surface area contributed by atoms with E-state index < -0.39 is 0 Å². The van der Waals surface area contributed by atoms with Crippen molar-refractivity contribution in [1.82, 2.24) is 14.7 Å². The summed E-state index contributed by atoms with van der Waals surface area (Å²) in [5.74, 6) is 0.873. The summed E-state index contributed by atoms with van der Waals surface area (Å²) in [5.41, 5.74) is 4.52. The Balaban J connectivity index is 0.000000837. The molecule has 0 N–H and O–H groups in total. The quantitative estimate of drug-likeness (QED) is 0.457. The molecule has 1 saturated heterocycles. The van der Waals surface area contributed by atoms with E-state index in [0.717, 1.165) is 67.0 Å². The first-order valence-electron chi connectivity index (χ1n) is 11.9. The van der Waals surface area contributed by atoms with Gasteiger partial charge in [0.25, 0.3) is 5.91 Å². The van der Waals surface area contributed by atoms with Crippen LogP contribution in [-0.4, -0.2) is 40.8 Å². The Kier molecular flexibility index (Phi) is 10.3. The Morgan fingerprint density at radius 1 is 1.12 bits per heavy atom. The van der Waals surface area contributed by atoms with Crippen molar-refractivity contribution in [3.63, 3.8) is 0 Å². The molecule has 174 valence electrons. The largest absolute Gasteiger partial charge is 0.496 e. The Bertz CT molecular complexity index is 919. The van der Waals surface area contributed by atoms with Gasteiger partial charge < -0.3 is 9.64 Å². The molecule has 0 aliphatic carbocycles. The first-order valence-corrected chi connectivity index (χ1v) is 11.9. The Labute approximate surface area is 193 Å². The van der Waals surface area contributed by atoms with Crippen LogP contribution in [0.25, 0.3) is 5.70 Å². The summed E-state index contributed by atoms with van der Waals surface area (Å²) in [5, 5.41) is 4.72. The van der Waals surface area contributed by atoms with Crippen LogP contribution >= 0.6 is 0 Å². The first-order chi connectivity index (χ1) is 15.5. The average Bonchev–Trinajstić information content (AvgIpc) is 3.48. The summed E-state index contributed by atoms with van der Waals surface area (Å²) in [7, 11) is 1.67. The van der Waals surface area contributed by atoms with E-state index in [4.69, 9.17) is 9.84 Å². The molecule has 2 heterocycles. The molecule has 1 aromatic heterocycles. The average molecular weight is 438 g/mol. The number of aromatic nitrogens is 2. The van der Waals surface area contributed by atoms with Gasteiger partial charge in [0.05, 0.1) is 12.8 Å². The lowest BCUT2D eigenvalue weighted by atomic mass is 10.1. The van der Waals surface area contributed by atoms with Gasteiger partial charge in [0, 0.05) is 24.3 Å². The minimum atomic E-state index is 0.0254. The second kappa shape index (κ2) is 12.9. The van der Waals surface area contributed by atoms with Gasteiger partial charge in [0.2, 0.25) is 0 Å². The van der Waals surface area contributed by atoms with Crippen molar-refractivity contribution in [1.29, 1.82) is 0 Å². The maximum absolute atomic E-state index is 12.9. The maximum Gasteiger partial charge on any atom is 0.274 e. The van der Waals surface area contributed by atoms with Crippen LogP contribution < -0.4 is 4.74 Å². The van der Waals surface area contributed by atoms with Crippen LogP contribution in [0.3, 0.4) is 0 Å². The van der Waals surface area contributed by atoms with E-state index in [-0.39, 0.29) is 5.91 Å². The zero-order chi connectivity index (χ0) is 23.5. The van der Waals surface area contributed by atoms with Crippen LogP contribution in [0.2, 0.25) is 0 Å². The van der Waals surface area contributed by atoms with Crippen LogP contribution in [0.15, 0.2) is 43.0 Å². The van der Waals surface area contributed by atoms with Gasteiger partial charge in [-0.2, -0.15) is 5.10 Å². The first kappa shape index (κ1) is 25.4. The number of allylic oxidation sites excluding steroid dienone is 2. The monoisotopic (exact) mass is 437 g/mol. The fourth-order valence-corrected chi connectivity index (χ4v) is 3.69. The van der Waals surface area contributed by atoms with Gasteiger partial charge in [0.15, 0.2) is 5.69 Å². The number of unbranched alkanes of at least 4 members (excludes halogenated alkanes) is 1. The van der Waals surface area contributed by atoms with Gasteiger partial charge in [-0.05, 0) is 62.1 Å². The summed E-state index contributed by atoms with van der Waals surface area (Å²) in [6, 6.07) is 7.99. The van der Waals surface area contributed by atoms with E-state index in [1.165, 1.54) is 12.8 Å². The predicted octanol–water partition coefficient (Wildman–Crippen LogP) is 6.27. The van der Waals surface area contributed by atoms with Gasteiger partial charge >= 0.3 is 0 Å². The van der Waals surface area contributed by atoms with Crippen LogP contribution in [0.4, 0.5) is 0 Å². The molecule has 1 aromatic carbocycles. The van der Waals surface area contributed by atoms with Crippen molar-refractivity contribution >= 4 is 11.6 Å². The normalized spacial score (nSPS) is 13.5. The third-order valence-electron chi connectivity index (χ3n) is 5.60. The number of carbonyl (C=O) groups excluding carboxylic acids is 1. The van der Waals surface area contributed by atoms with E-state index in [0.29, 0.717) is 5.69 Å². The molecule has 3 rings (SSSR count). The second-order valence-electron chi connectivity index (χ2n) is 8.15. The van der Waals surface area contributed by atoms with Crippen molar-refractivity contribution in [2.24, 2.45) is 0 Å². The molecule has 5 nitrogen and oxygen atoms in total. The van der Waals surface area contributed by atoms with E-state index in [9.17, 15) is 4.79 Å². The van der Waals surface area contributed by atoms with Gasteiger partial charge in [-0.1, -0.05) is 52.7 Å². The molecule has 5 heteroatoms. The highest BCUT2D eigenvalue weighted by molar-refractivity contribution is 5.93. The van der Waals surface area contributed by atoms with E-state index >= 15 is 0 Å². The van der Waals surface area contributed by atoms with E-state index in [1.54, 1.807) is 13.2 Å². The zero-order valence-corrected chi connectivity index (χ0v) is 20.5. The Morgan fingerprint density at radius 3 is 2.34 bits per heavy atom. The van der Waals surface area contributed by atoms with Gasteiger partial charge in [-0.25, -0.2) is 4.68 Å². The second-order valence-corrected chi connectivity index (χ2v) is 8.15. The summed E-state index contributed by atoms with van der Waals surface area (Å²) in [4.78, 5) is 14.8. The summed E-state index contributed by atoms with van der Waals surface area (Å²) < 4.78 is 7.29. The lowest BCUT2D eigenvalue weighted by molar-refractivity contribution is 0.0786. The van der Waals surface area contributed by atoms with Crippen LogP contribution in [0.5, 0.6) is 5.75 Å². The van der Waals surface area contributed by atoms with Crippen molar-refractivity contribution < 1.29 is 9.53 Å². The van der Waals surface area contributed by atoms with Crippen LogP contribution in [0, 0.1) is 6.92 Å². The van der Waals surface area contributed by atoms with Gasteiger partial charge in [-0.3, -0.25) is 4.79 Å². The van der Waals surface area contributed by atoms with E-state index in [1.807, 2.05) is 40.8 Å². The van der Waals surface area contributed by atoms with Crippen molar-refractivity contribution in [3.8, 4) is 5.75 Å². The molecule has 1 aliphatic rings. The fraction of sp³-hybridized carbons (Fsp3) is 0.481. The number of hydrogen-bond donors (Lipinski definition) is 0. The summed E-state index contributed by atoms with van der Waals surface area (Å²) in [6.45, 7) is 14.0. The molecule has 0 unspecified atom stereocenters. The molecule has 1 amide bonds. The van der Waals surface area contributed by atoms with Crippen molar-refractivity contribution in [2.45, 2.75) is 66.2 Å². The molecule has 0 atom stereocenters. The number of carbonyl (C=O) groups is 1. The lowest BCUT2D eigenvalue weighted by Gasteiger charge is -2.14. The SMILES string of the molecule is C=C/C=C(/c1ccc(OC)c(C)c1)n1nc(C(=O)N2CCCC2)cc1CCC.CCCC.